The first kappa shape index (κ1) is 10.2. The molecule has 0 saturated heterocycles. The Labute approximate surface area is 68.8 Å². The first-order chi connectivity index (χ1) is 5.28. The van der Waals surface area contributed by atoms with Crippen LogP contribution in [0, 0.1) is 0 Å². The van der Waals surface area contributed by atoms with Crippen molar-refractivity contribution in [1.82, 2.24) is 10.4 Å². The molecule has 0 amide bonds. The molecule has 3 nitrogen and oxygen atoms in total. The average Bonchev–Trinajstić information content (AvgIpc) is 2.07. The van der Waals surface area contributed by atoms with E-state index in [0.29, 0.717) is 0 Å². The van der Waals surface area contributed by atoms with E-state index in [2.05, 4.69) is 31.0 Å². The zero-order valence-corrected chi connectivity index (χ0v) is 7.59. The van der Waals surface area contributed by atoms with Crippen LogP contribution in [0.1, 0.15) is 20.3 Å². The maximum Gasteiger partial charge on any atom is 0.0566 e. The van der Waals surface area contributed by atoms with Crippen LogP contribution in [0.2, 0.25) is 0 Å². The quantitative estimate of drug-likeness (QED) is 0.480. The summed E-state index contributed by atoms with van der Waals surface area (Å²) in [5, 5.41) is 1.97. The molecule has 0 aliphatic rings. The highest BCUT2D eigenvalue weighted by atomic mass is 15.5. The first-order valence-electron chi connectivity index (χ1n) is 3.89. The monoisotopic (exact) mass is 155 g/mol. The van der Waals surface area contributed by atoms with E-state index in [1.807, 2.05) is 18.3 Å². The molecule has 0 unspecified atom stereocenters. The van der Waals surface area contributed by atoms with Gasteiger partial charge in [0, 0.05) is 19.8 Å². The van der Waals surface area contributed by atoms with Gasteiger partial charge in [-0.3, -0.25) is 4.99 Å². The molecule has 0 aliphatic carbocycles. The van der Waals surface area contributed by atoms with Crippen molar-refractivity contribution >= 4 is 6.72 Å². The van der Waals surface area contributed by atoms with Crippen LogP contribution in [-0.4, -0.2) is 25.3 Å². The molecule has 0 aromatic rings. The van der Waals surface area contributed by atoms with Crippen molar-refractivity contribution in [2.45, 2.75) is 20.3 Å². The average molecular weight is 155 g/mol. The third-order valence-electron chi connectivity index (χ3n) is 1.50. The lowest BCUT2D eigenvalue weighted by Crippen LogP contribution is -2.29. The Hall–Kier alpha value is -0.830. The predicted octanol–water partition coefficient (Wildman–Crippen LogP) is 1.39. The Morgan fingerprint density at radius 3 is 2.55 bits per heavy atom. The molecule has 0 atom stereocenters. The highest BCUT2D eigenvalue weighted by Gasteiger charge is 1.93. The molecular weight excluding hydrogens is 138 g/mol. The molecule has 11 heavy (non-hydrogen) atoms. The molecule has 3 heteroatoms. The molecule has 0 rings (SSSR count). The number of rotatable bonds is 5. The summed E-state index contributed by atoms with van der Waals surface area (Å²) in [7, 11) is 1.89. The minimum Gasteiger partial charge on any atom is -0.314 e. The standard InChI is InChI=1S/C8H17N3/c1-5-8(9-3)7-11(6-2)10-4/h7,10H,3,5-6H2,1-2,4H3/b8-7-. The van der Waals surface area contributed by atoms with Gasteiger partial charge in [0.25, 0.3) is 0 Å². The Bertz CT molecular complexity index is 136. The normalized spacial score (nSPS) is 11.4. The largest absolute Gasteiger partial charge is 0.314 e. The molecule has 0 fully saturated rings. The van der Waals surface area contributed by atoms with Gasteiger partial charge in [0.2, 0.25) is 0 Å². The number of nitrogens with zero attached hydrogens (tertiary/aromatic N) is 2. The van der Waals surface area contributed by atoms with Gasteiger partial charge in [-0.15, -0.1) is 0 Å². The molecule has 0 aliphatic heterocycles. The highest BCUT2D eigenvalue weighted by molar-refractivity contribution is 5.28. The van der Waals surface area contributed by atoms with Crippen molar-refractivity contribution in [2.75, 3.05) is 13.6 Å². The number of hydrazine groups is 1. The van der Waals surface area contributed by atoms with Crippen molar-refractivity contribution in [3.63, 3.8) is 0 Å². The lowest BCUT2D eigenvalue weighted by molar-refractivity contribution is 0.311. The third-order valence-corrected chi connectivity index (χ3v) is 1.50. The minimum absolute atomic E-state index is 0.918. The summed E-state index contributed by atoms with van der Waals surface area (Å²) in [6, 6.07) is 0. The summed E-state index contributed by atoms with van der Waals surface area (Å²) in [5.41, 5.74) is 4.02. The maximum atomic E-state index is 3.87. The number of hydrogen-bond donors (Lipinski definition) is 1. The molecule has 0 aromatic heterocycles. The van der Waals surface area contributed by atoms with E-state index in [1.54, 1.807) is 0 Å². The summed E-state index contributed by atoms with van der Waals surface area (Å²) in [5.74, 6) is 0. The lowest BCUT2D eigenvalue weighted by Gasteiger charge is -2.16. The van der Waals surface area contributed by atoms with Gasteiger partial charge in [-0.25, -0.2) is 5.43 Å². The van der Waals surface area contributed by atoms with Crippen LogP contribution in [0.3, 0.4) is 0 Å². The molecule has 0 aromatic carbocycles. The van der Waals surface area contributed by atoms with Crippen LogP contribution in [0.15, 0.2) is 16.9 Å². The zero-order valence-electron chi connectivity index (χ0n) is 7.59. The van der Waals surface area contributed by atoms with Crippen LogP contribution in [-0.2, 0) is 0 Å². The SMILES string of the molecule is C=N/C(=C\N(CC)NC)CC. The second kappa shape index (κ2) is 5.92. The Morgan fingerprint density at radius 2 is 2.27 bits per heavy atom. The summed E-state index contributed by atoms with van der Waals surface area (Å²) in [4.78, 5) is 3.87. The van der Waals surface area contributed by atoms with Gasteiger partial charge in [0.1, 0.15) is 0 Å². The van der Waals surface area contributed by atoms with Gasteiger partial charge in [0.05, 0.1) is 5.70 Å². The third kappa shape index (κ3) is 3.78. The summed E-state index contributed by atoms with van der Waals surface area (Å²) in [6.45, 7) is 8.54. The smallest absolute Gasteiger partial charge is 0.0566 e. The number of nitrogens with one attached hydrogen (secondary N) is 1. The van der Waals surface area contributed by atoms with Gasteiger partial charge in [0.15, 0.2) is 0 Å². The van der Waals surface area contributed by atoms with Crippen LogP contribution < -0.4 is 5.43 Å². The van der Waals surface area contributed by atoms with Crippen molar-refractivity contribution in [1.29, 1.82) is 0 Å². The van der Waals surface area contributed by atoms with Crippen LogP contribution >= 0.6 is 0 Å². The second-order valence-electron chi connectivity index (χ2n) is 2.14. The predicted molar refractivity (Wildman–Crippen MR) is 49.4 cm³/mol. The topological polar surface area (TPSA) is 27.6 Å². The highest BCUT2D eigenvalue weighted by Crippen LogP contribution is 2.01. The van der Waals surface area contributed by atoms with E-state index in [4.69, 9.17) is 0 Å². The number of allylic oxidation sites excluding steroid dienone is 1. The lowest BCUT2D eigenvalue weighted by atomic mass is 10.4. The second-order valence-corrected chi connectivity index (χ2v) is 2.14. The molecule has 0 radical (unpaired) electrons. The molecular formula is C8H17N3. The van der Waals surface area contributed by atoms with Crippen LogP contribution in [0.25, 0.3) is 0 Å². The molecule has 0 saturated carbocycles. The van der Waals surface area contributed by atoms with Crippen molar-refractivity contribution < 1.29 is 0 Å². The Morgan fingerprint density at radius 1 is 1.64 bits per heavy atom. The maximum absolute atomic E-state index is 3.87. The van der Waals surface area contributed by atoms with Gasteiger partial charge >= 0.3 is 0 Å². The summed E-state index contributed by atoms with van der Waals surface area (Å²) < 4.78 is 0. The van der Waals surface area contributed by atoms with Crippen molar-refractivity contribution in [2.24, 2.45) is 4.99 Å². The summed E-state index contributed by atoms with van der Waals surface area (Å²) >= 11 is 0. The fourth-order valence-electron chi connectivity index (χ4n) is 0.738. The Balaban J connectivity index is 4.09. The van der Waals surface area contributed by atoms with Gasteiger partial charge in [-0.2, -0.15) is 0 Å². The fraction of sp³-hybridized carbons (Fsp3) is 0.625. The minimum atomic E-state index is 0.918. The van der Waals surface area contributed by atoms with E-state index in [1.165, 1.54) is 0 Å². The molecule has 64 valence electrons. The van der Waals surface area contributed by atoms with E-state index >= 15 is 0 Å². The van der Waals surface area contributed by atoms with Crippen LogP contribution in [0.4, 0.5) is 0 Å². The molecule has 0 bridgehead atoms. The first-order valence-corrected chi connectivity index (χ1v) is 3.89. The van der Waals surface area contributed by atoms with Gasteiger partial charge < -0.3 is 5.01 Å². The van der Waals surface area contributed by atoms with Crippen LogP contribution in [0.5, 0.6) is 0 Å². The van der Waals surface area contributed by atoms with Crippen molar-refractivity contribution in [3.05, 3.63) is 11.9 Å². The molecule has 0 spiro atoms. The number of hydrogen-bond acceptors (Lipinski definition) is 3. The zero-order chi connectivity index (χ0) is 8.69. The van der Waals surface area contributed by atoms with E-state index < -0.39 is 0 Å². The van der Waals surface area contributed by atoms with Gasteiger partial charge in [-0.05, 0) is 20.1 Å². The van der Waals surface area contributed by atoms with E-state index in [9.17, 15) is 0 Å². The van der Waals surface area contributed by atoms with E-state index in [0.717, 1.165) is 18.7 Å². The van der Waals surface area contributed by atoms with Gasteiger partial charge in [-0.1, -0.05) is 6.92 Å². The summed E-state index contributed by atoms with van der Waals surface area (Å²) in [6.07, 6.45) is 2.88. The fourth-order valence-corrected chi connectivity index (χ4v) is 0.738. The van der Waals surface area contributed by atoms with E-state index in [-0.39, 0.29) is 0 Å². The number of aliphatic imine (C=N–C) groups is 1. The van der Waals surface area contributed by atoms with Crippen molar-refractivity contribution in [3.8, 4) is 0 Å². The molecule has 0 heterocycles. The molecule has 1 N–H and O–H groups in total. The Kier molecular flexibility index (Phi) is 5.47.